The molecule has 1 fully saturated rings. The van der Waals surface area contributed by atoms with Crippen LogP contribution in [-0.2, 0) is 20.9 Å². The normalized spacial score (nSPS) is 17.7. The van der Waals surface area contributed by atoms with Gasteiger partial charge in [-0.25, -0.2) is 0 Å². The molecule has 1 aromatic rings. The van der Waals surface area contributed by atoms with Crippen molar-refractivity contribution in [3.63, 3.8) is 0 Å². The average Bonchev–Trinajstić information content (AvgIpc) is 2.62. The molecule has 2 N–H and O–H groups in total. The number of carbonyl (C=O) groups is 2. The van der Waals surface area contributed by atoms with E-state index in [0.717, 1.165) is 29.8 Å². The predicted octanol–water partition coefficient (Wildman–Crippen LogP) is 0.847. The van der Waals surface area contributed by atoms with Gasteiger partial charge in [-0.05, 0) is 30.5 Å². The molecule has 0 radical (unpaired) electrons. The minimum absolute atomic E-state index is 0.0893. The standard InChI is InChI=1S/C19H29N3O4/c1-14-11-15(5-6-17(14)26-3)13-22-9-8-21-19(24)16(22)12-18(23)20-7-4-10-25-2/h5-6,11,16H,4,7-10,12-13H2,1-3H3,(H,20,23)(H,21,24). The summed E-state index contributed by atoms with van der Waals surface area (Å²) in [6.07, 6.45) is 0.919. The van der Waals surface area contributed by atoms with Crippen LogP contribution >= 0.6 is 0 Å². The lowest BCUT2D eigenvalue weighted by atomic mass is 10.1. The van der Waals surface area contributed by atoms with Gasteiger partial charge < -0.3 is 20.1 Å². The number of benzene rings is 1. The van der Waals surface area contributed by atoms with E-state index in [1.165, 1.54) is 0 Å². The largest absolute Gasteiger partial charge is 0.496 e. The summed E-state index contributed by atoms with van der Waals surface area (Å²) in [4.78, 5) is 26.5. The highest BCUT2D eigenvalue weighted by Crippen LogP contribution is 2.21. The van der Waals surface area contributed by atoms with Crippen LogP contribution in [0.15, 0.2) is 18.2 Å². The van der Waals surface area contributed by atoms with Crippen molar-refractivity contribution in [1.29, 1.82) is 0 Å². The molecule has 1 heterocycles. The Morgan fingerprint density at radius 2 is 2.19 bits per heavy atom. The number of amides is 2. The van der Waals surface area contributed by atoms with Gasteiger partial charge in [0.15, 0.2) is 0 Å². The van der Waals surface area contributed by atoms with Crippen LogP contribution in [-0.4, -0.2) is 63.2 Å². The quantitative estimate of drug-likeness (QED) is 0.636. The second kappa shape index (κ2) is 10.1. The van der Waals surface area contributed by atoms with Crippen molar-refractivity contribution in [1.82, 2.24) is 15.5 Å². The van der Waals surface area contributed by atoms with E-state index in [0.29, 0.717) is 26.2 Å². The number of methoxy groups -OCH3 is 2. The highest BCUT2D eigenvalue weighted by Gasteiger charge is 2.31. The van der Waals surface area contributed by atoms with Crippen molar-refractivity contribution < 1.29 is 19.1 Å². The maximum atomic E-state index is 12.3. The lowest BCUT2D eigenvalue weighted by Gasteiger charge is -2.34. The molecule has 0 aliphatic carbocycles. The topological polar surface area (TPSA) is 79.9 Å². The van der Waals surface area contributed by atoms with E-state index in [9.17, 15) is 9.59 Å². The van der Waals surface area contributed by atoms with Gasteiger partial charge in [0.05, 0.1) is 19.6 Å². The SMILES string of the molecule is COCCCNC(=O)CC1C(=O)NCCN1Cc1ccc(OC)c(C)c1. The Kier molecular flexibility index (Phi) is 7.87. The number of aryl methyl sites for hydroxylation is 1. The molecule has 1 aromatic carbocycles. The Bertz CT molecular complexity index is 621. The highest BCUT2D eigenvalue weighted by molar-refractivity contribution is 5.88. The summed E-state index contributed by atoms with van der Waals surface area (Å²) in [7, 11) is 3.28. The third-order valence-corrected chi connectivity index (χ3v) is 4.51. The molecule has 0 spiro atoms. The molecular weight excluding hydrogens is 334 g/mol. The van der Waals surface area contributed by atoms with Gasteiger partial charge in [-0.1, -0.05) is 12.1 Å². The number of hydrogen-bond acceptors (Lipinski definition) is 5. The Labute approximate surface area is 155 Å². The van der Waals surface area contributed by atoms with Gasteiger partial charge in [-0.15, -0.1) is 0 Å². The number of hydrogen-bond donors (Lipinski definition) is 2. The first-order valence-corrected chi connectivity index (χ1v) is 8.96. The first-order chi connectivity index (χ1) is 12.5. The zero-order valence-electron chi connectivity index (χ0n) is 15.8. The van der Waals surface area contributed by atoms with E-state index in [1.54, 1.807) is 14.2 Å². The smallest absolute Gasteiger partial charge is 0.237 e. The van der Waals surface area contributed by atoms with Crippen molar-refractivity contribution in [3.05, 3.63) is 29.3 Å². The minimum Gasteiger partial charge on any atom is -0.496 e. The van der Waals surface area contributed by atoms with Gasteiger partial charge in [-0.2, -0.15) is 0 Å². The summed E-state index contributed by atoms with van der Waals surface area (Å²) in [6.45, 7) is 5.10. The fourth-order valence-electron chi connectivity index (χ4n) is 3.14. The van der Waals surface area contributed by atoms with Crippen molar-refractivity contribution >= 4 is 11.8 Å². The Balaban J connectivity index is 1.97. The lowest BCUT2D eigenvalue weighted by Crippen LogP contribution is -2.56. The van der Waals surface area contributed by atoms with Crippen molar-refractivity contribution in [2.45, 2.75) is 32.4 Å². The molecule has 144 valence electrons. The molecule has 0 bridgehead atoms. The molecule has 1 atom stereocenters. The molecule has 7 nitrogen and oxygen atoms in total. The first kappa shape index (κ1) is 20.2. The first-order valence-electron chi connectivity index (χ1n) is 8.96. The predicted molar refractivity (Wildman–Crippen MR) is 99.1 cm³/mol. The van der Waals surface area contributed by atoms with Crippen LogP contribution in [0.25, 0.3) is 0 Å². The molecule has 7 heteroatoms. The van der Waals surface area contributed by atoms with Crippen LogP contribution in [0.4, 0.5) is 0 Å². The van der Waals surface area contributed by atoms with E-state index < -0.39 is 6.04 Å². The molecule has 2 amide bonds. The van der Waals surface area contributed by atoms with Crippen LogP contribution in [0.1, 0.15) is 24.0 Å². The zero-order valence-corrected chi connectivity index (χ0v) is 15.8. The molecule has 26 heavy (non-hydrogen) atoms. The van der Waals surface area contributed by atoms with Crippen molar-refractivity contribution in [2.75, 3.05) is 40.5 Å². The molecule has 1 aliphatic rings. The summed E-state index contributed by atoms with van der Waals surface area (Å²) < 4.78 is 10.3. The van der Waals surface area contributed by atoms with Crippen LogP contribution < -0.4 is 15.4 Å². The number of nitrogens with one attached hydrogen (secondary N) is 2. The van der Waals surface area contributed by atoms with Gasteiger partial charge in [0.1, 0.15) is 5.75 Å². The molecule has 1 aliphatic heterocycles. The van der Waals surface area contributed by atoms with E-state index in [-0.39, 0.29) is 18.2 Å². The summed E-state index contributed by atoms with van der Waals surface area (Å²) in [5.41, 5.74) is 2.15. The van der Waals surface area contributed by atoms with E-state index >= 15 is 0 Å². The van der Waals surface area contributed by atoms with Crippen LogP contribution in [0.3, 0.4) is 0 Å². The van der Waals surface area contributed by atoms with E-state index in [4.69, 9.17) is 9.47 Å². The third-order valence-electron chi connectivity index (χ3n) is 4.51. The second-order valence-electron chi connectivity index (χ2n) is 6.48. The van der Waals surface area contributed by atoms with Crippen LogP contribution in [0.5, 0.6) is 5.75 Å². The second-order valence-corrected chi connectivity index (χ2v) is 6.48. The number of nitrogens with zero attached hydrogens (tertiary/aromatic N) is 1. The molecule has 0 saturated carbocycles. The number of ether oxygens (including phenoxy) is 2. The van der Waals surface area contributed by atoms with E-state index in [1.807, 2.05) is 19.1 Å². The monoisotopic (exact) mass is 363 g/mol. The van der Waals surface area contributed by atoms with Gasteiger partial charge in [0.25, 0.3) is 0 Å². The molecule has 2 rings (SSSR count). The van der Waals surface area contributed by atoms with Crippen LogP contribution in [0, 0.1) is 6.92 Å². The summed E-state index contributed by atoms with van der Waals surface area (Å²) in [5.74, 6) is 0.643. The third kappa shape index (κ3) is 5.71. The van der Waals surface area contributed by atoms with Gasteiger partial charge in [0, 0.05) is 39.9 Å². The molecule has 0 aromatic heterocycles. The van der Waals surface area contributed by atoms with Crippen LogP contribution in [0.2, 0.25) is 0 Å². The van der Waals surface area contributed by atoms with Crippen molar-refractivity contribution in [2.24, 2.45) is 0 Å². The van der Waals surface area contributed by atoms with Gasteiger partial charge >= 0.3 is 0 Å². The number of carbonyl (C=O) groups excluding carboxylic acids is 2. The molecule has 1 unspecified atom stereocenters. The summed E-state index contributed by atoms with van der Waals surface area (Å²) in [6, 6.07) is 5.55. The fourth-order valence-corrected chi connectivity index (χ4v) is 3.14. The number of rotatable bonds is 9. The maximum absolute atomic E-state index is 12.3. The summed E-state index contributed by atoms with van der Waals surface area (Å²) in [5, 5.41) is 5.71. The Hall–Kier alpha value is -2.12. The lowest BCUT2D eigenvalue weighted by molar-refractivity contribution is -0.134. The highest BCUT2D eigenvalue weighted by atomic mass is 16.5. The van der Waals surface area contributed by atoms with E-state index in [2.05, 4.69) is 21.6 Å². The Morgan fingerprint density at radius 1 is 1.38 bits per heavy atom. The fraction of sp³-hybridized carbons (Fsp3) is 0.579. The van der Waals surface area contributed by atoms with Gasteiger partial charge in [-0.3, -0.25) is 14.5 Å². The minimum atomic E-state index is -0.450. The number of piperazine rings is 1. The average molecular weight is 363 g/mol. The Morgan fingerprint density at radius 3 is 2.88 bits per heavy atom. The maximum Gasteiger partial charge on any atom is 0.237 e. The molecule has 1 saturated heterocycles. The zero-order chi connectivity index (χ0) is 18.9. The van der Waals surface area contributed by atoms with Gasteiger partial charge in [0.2, 0.25) is 11.8 Å². The summed E-state index contributed by atoms with van der Waals surface area (Å²) >= 11 is 0. The molecular formula is C19H29N3O4. The van der Waals surface area contributed by atoms with Crippen molar-refractivity contribution in [3.8, 4) is 5.75 Å².